The number of rotatable bonds is 4. The Morgan fingerprint density at radius 1 is 1.33 bits per heavy atom. The number of benzene rings is 1. The molecule has 1 unspecified atom stereocenters. The highest BCUT2D eigenvalue weighted by molar-refractivity contribution is 5.22. The van der Waals surface area contributed by atoms with Crippen molar-refractivity contribution in [3.05, 3.63) is 30.1 Å². The van der Waals surface area contributed by atoms with E-state index in [4.69, 9.17) is 10.5 Å². The van der Waals surface area contributed by atoms with Gasteiger partial charge in [-0.1, -0.05) is 6.42 Å². The van der Waals surface area contributed by atoms with Crippen LogP contribution in [-0.2, 0) is 0 Å². The Balaban J connectivity index is 1.79. The zero-order valence-corrected chi connectivity index (χ0v) is 8.66. The summed E-state index contributed by atoms with van der Waals surface area (Å²) in [5, 5.41) is 0. The quantitative estimate of drug-likeness (QED) is 0.826. The number of hydrogen-bond donors (Lipinski definition) is 1. The van der Waals surface area contributed by atoms with Gasteiger partial charge in [0, 0.05) is 6.04 Å². The lowest BCUT2D eigenvalue weighted by Crippen LogP contribution is -2.39. The number of nitrogens with two attached hydrogens (primary N) is 1. The Hall–Kier alpha value is -1.09. The van der Waals surface area contributed by atoms with Gasteiger partial charge in [0.05, 0.1) is 0 Å². The Morgan fingerprint density at radius 3 is 2.53 bits per heavy atom. The van der Waals surface area contributed by atoms with Gasteiger partial charge in [-0.05, 0) is 43.0 Å². The molecule has 0 radical (unpaired) electrons. The van der Waals surface area contributed by atoms with Crippen LogP contribution in [-0.4, -0.2) is 12.6 Å². The van der Waals surface area contributed by atoms with E-state index in [-0.39, 0.29) is 11.9 Å². The van der Waals surface area contributed by atoms with E-state index in [0.717, 1.165) is 0 Å². The van der Waals surface area contributed by atoms with Crippen molar-refractivity contribution < 1.29 is 9.13 Å². The van der Waals surface area contributed by atoms with Crippen molar-refractivity contribution in [3.63, 3.8) is 0 Å². The molecule has 1 saturated carbocycles. The summed E-state index contributed by atoms with van der Waals surface area (Å²) in [4.78, 5) is 0. The van der Waals surface area contributed by atoms with Crippen LogP contribution >= 0.6 is 0 Å². The molecule has 0 aromatic heterocycles. The van der Waals surface area contributed by atoms with Crippen molar-refractivity contribution in [1.82, 2.24) is 0 Å². The van der Waals surface area contributed by atoms with Gasteiger partial charge in [-0.2, -0.15) is 0 Å². The maximum atomic E-state index is 12.6. The predicted octanol–water partition coefficient (Wildman–Crippen LogP) is 2.33. The fourth-order valence-corrected chi connectivity index (χ4v) is 1.73. The molecule has 1 aromatic carbocycles. The number of halogens is 1. The lowest BCUT2D eigenvalue weighted by Gasteiger charge is -2.30. The summed E-state index contributed by atoms with van der Waals surface area (Å²) >= 11 is 0. The van der Waals surface area contributed by atoms with Crippen molar-refractivity contribution >= 4 is 0 Å². The van der Waals surface area contributed by atoms with Crippen molar-refractivity contribution in [2.75, 3.05) is 6.61 Å². The molecule has 0 heterocycles. The monoisotopic (exact) mass is 209 g/mol. The molecular formula is C12H16FNO. The average Bonchev–Trinajstić information content (AvgIpc) is 2.14. The first-order valence-corrected chi connectivity index (χ1v) is 5.39. The van der Waals surface area contributed by atoms with Crippen molar-refractivity contribution in [1.29, 1.82) is 0 Å². The summed E-state index contributed by atoms with van der Waals surface area (Å²) in [6, 6.07) is 6.16. The zero-order valence-electron chi connectivity index (χ0n) is 8.66. The molecule has 0 bridgehead atoms. The lowest BCUT2D eigenvalue weighted by atomic mass is 9.80. The van der Waals surface area contributed by atoms with Gasteiger partial charge in [0.2, 0.25) is 0 Å². The summed E-state index contributed by atoms with van der Waals surface area (Å²) in [7, 11) is 0. The van der Waals surface area contributed by atoms with Crippen molar-refractivity contribution in [2.24, 2.45) is 11.7 Å². The van der Waals surface area contributed by atoms with Crippen LogP contribution in [0.3, 0.4) is 0 Å². The van der Waals surface area contributed by atoms with E-state index in [1.807, 2.05) is 0 Å². The van der Waals surface area contributed by atoms with Gasteiger partial charge in [0.25, 0.3) is 0 Å². The molecule has 0 amide bonds. The minimum absolute atomic E-state index is 0.115. The minimum atomic E-state index is -0.245. The molecule has 0 saturated heterocycles. The standard InChI is InChI=1S/C12H16FNO/c13-10-4-6-11(7-5-10)15-8-12(14)9-2-1-3-9/h4-7,9,12H,1-3,8,14H2. The van der Waals surface area contributed by atoms with Crippen LogP contribution < -0.4 is 10.5 Å². The van der Waals surface area contributed by atoms with Crippen LogP contribution in [0.5, 0.6) is 5.75 Å². The maximum Gasteiger partial charge on any atom is 0.123 e. The highest BCUT2D eigenvalue weighted by Crippen LogP contribution is 2.28. The molecule has 1 aliphatic carbocycles. The highest BCUT2D eigenvalue weighted by Gasteiger charge is 2.24. The van der Waals surface area contributed by atoms with Crippen LogP contribution in [0.1, 0.15) is 19.3 Å². The molecule has 0 spiro atoms. The molecule has 1 atom stereocenters. The molecule has 1 aliphatic rings. The zero-order chi connectivity index (χ0) is 10.7. The molecule has 1 fully saturated rings. The molecule has 1 aromatic rings. The number of hydrogen-bond acceptors (Lipinski definition) is 2. The third-order valence-electron chi connectivity index (χ3n) is 3.01. The third-order valence-corrected chi connectivity index (χ3v) is 3.01. The van der Waals surface area contributed by atoms with Gasteiger partial charge < -0.3 is 10.5 Å². The van der Waals surface area contributed by atoms with Gasteiger partial charge in [0.15, 0.2) is 0 Å². The second kappa shape index (κ2) is 4.62. The van der Waals surface area contributed by atoms with E-state index >= 15 is 0 Å². The summed E-state index contributed by atoms with van der Waals surface area (Å²) in [5.74, 6) is 1.06. The van der Waals surface area contributed by atoms with Crippen LogP contribution in [0.2, 0.25) is 0 Å². The SMILES string of the molecule is NC(COc1ccc(F)cc1)C1CCC1. The third kappa shape index (κ3) is 2.69. The molecule has 3 heteroatoms. The van der Waals surface area contributed by atoms with E-state index in [0.29, 0.717) is 18.3 Å². The first-order chi connectivity index (χ1) is 7.25. The molecule has 2 rings (SSSR count). The van der Waals surface area contributed by atoms with Gasteiger partial charge >= 0.3 is 0 Å². The van der Waals surface area contributed by atoms with Crippen LogP contribution in [0.4, 0.5) is 4.39 Å². The van der Waals surface area contributed by atoms with Gasteiger partial charge in [-0.15, -0.1) is 0 Å². The lowest BCUT2D eigenvalue weighted by molar-refractivity contribution is 0.189. The van der Waals surface area contributed by atoms with E-state index in [9.17, 15) is 4.39 Å². The second-order valence-corrected chi connectivity index (χ2v) is 4.12. The first-order valence-electron chi connectivity index (χ1n) is 5.39. The van der Waals surface area contributed by atoms with E-state index in [2.05, 4.69) is 0 Å². The first kappa shape index (κ1) is 10.4. The van der Waals surface area contributed by atoms with Crippen LogP contribution in [0, 0.1) is 11.7 Å². The largest absolute Gasteiger partial charge is 0.492 e. The number of ether oxygens (including phenoxy) is 1. The van der Waals surface area contributed by atoms with Crippen molar-refractivity contribution in [3.8, 4) is 5.75 Å². The fraction of sp³-hybridized carbons (Fsp3) is 0.500. The van der Waals surface area contributed by atoms with E-state index in [1.165, 1.54) is 31.4 Å². The smallest absolute Gasteiger partial charge is 0.123 e. The summed E-state index contributed by atoms with van der Waals surface area (Å²) in [6.07, 6.45) is 3.72. The fourth-order valence-electron chi connectivity index (χ4n) is 1.73. The average molecular weight is 209 g/mol. The summed E-state index contributed by atoms with van der Waals surface area (Å²) < 4.78 is 18.1. The van der Waals surface area contributed by atoms with Crippen LogP contribution in [0.25, 0.3) is 0 Å². The molecule has 15 heavy (non-hydrogen) atoms. The molecule has 82 valence electrons. The predicted molar refractivity (Wildman–Crippen MR) is 57.2 cm³/mol. The Labute approximate surface area is 89.2 Å². The topological polar surface area (TPSA) is 35.2 Å². The summed E-state index contributed by atoms with van der Waals surface area (Å²) in [5.41, 5.74) is 5.96. The Morgan fingerprint density at radius 2 is 2.00 bits per heavy atom. The van der Waals surface area contributed by atoms with Gasteiger partial charge in [0.1, 0.15) is 18.2 Å². The maximum absolute atomic E-state index is 12.6. The normalized spacial score (nSPS) is 18.3. The van der Waals surface area contributed by atoms with Gasteiger partial charge in [-0.25, -0.2) is 4.39 Å². The van der Waals surface area contributed by atoms with Gasteiger partial charge in [-0.3, -0.25) is 0 Å². The van der Waals surface area contributed by atoms with Crippen LogP contribution in [0.15, 0.2) is 24.3 Å². The Kier molecular flexibility index (Phi) is 3.21. The Bertz CT molecular complexity index is 308. The summed E-state index contributed by atoms with van der Waals surface area (Å²) in [6.45, 7) is 0.524. The molecular weight excluding hydrogens is 193 g/mol. The molecule has 2 N–H and O–H groups in total. The minimum Gasteiger partial charge on any atom is -0.492 e. The second-order valence-electron chi connectivity index (χ2n) is 4.12. The molecule has 0 aliphatic heterocycles. The van der Waals surface area contributed by atoms with Crippen molar-refractivity contribution in [2.45, 2.75) is 25.3 Å². The van der Waals surface area contributed by atoms with E-state index in [1.54, 1.807) is 12.1 Å². The highest BCUT2D eigenvalue weighted by atomic mass is 19.1. The van der Waals surface area contributed by atoms with E-state index < -0.39 is 0 Å². The molecule has 2 nitrogen and oxygen atoms in total.